The summed E-state index contributed by atoms with van der Waals surface area (Å²) in [6.07, 6.45) is 2.51. The maximum absolute atomic E-state index is 12.6. The fourth-order valence-electron chi connectivity index (χ4n) is 2.89. The molecule has 26 heavy (non-hydrogen) atoms. The highest BCUT2D eigenvalue weighted by molar-refractivity contribution is 5.79. The molecule has 7 heteroatoms. The first-order valence-electron chi connectivity index (χ1n) is 9.04. The number of aryl methyl sites for hydroxylation is 3. The third kappa shape index (κ3) is 3.34. The van der Waals surface area contributed by atoms with Crippen molar-refractivity contribution in [3.63, 3.8) is 0 Å². The molecule has 0 saturated carbocycles. The Morgan fingerprint density at radius 3 is 2.69 bits per heavy atom. The van der Waals surface area contributed by atoms with Gasteiger partial charge in [-0.1, -0.05) is 20.8 Å². The van der Waals surface area contributed by atoms with E-state index in [1.165, 1.54) is 0 Å². The van der Waals surface area contributed by atoms with Crippen molar-refractivity contribution in [2.45, 2.75) is 47.6 Å². The molecule has 0 unspecified atom stereocenters. The number of hydrogen-bond acceptors (Lipinski definition) is 5. The number of aromatic nitrogens is 5. The SMILES string of the molecule is CCc1c2nc(-c3cc(C)cnc3OCC(C)C)[nH]c(=O)c2nn1CC. The molecule has 0 saturated heterocycles. The van der Waals surface area contributed by atoms with Crippen LogP contribution in [0.1, 0.15) is 39.0 Å². The Labute approximate surface area is 152 Å². The molecular formula is C19H25N5O2. The molecule has 3 heterocycles. The lowest BCUT2D eigenvalue weighted by Crippen LogP contribution is -2.12. The molecule has 0 bridgehead atoms. The van der Waals surface area contributed by atoms with Gasteiger partial charge in [0, 0.05) is 12.7 Å². The van der Waals surface area contributed by atoms with Gasteiger partial charge in [-0.05, 0) is 37.8 Å². The van der Waals surface area contributed by atoms with Crippen LogP contribution in [0.25, 0.3) is 22.4 Å². The molecule has 0 atom stereocenters. The van der Waals surface area contributed by atoms with E-state index in [1.54, 1.807) is 6.20 Å². The van der Waals surface area contributed by atoms with E-state index in [9.17, 15) is 4.79 Å². The minimum atomic E-state index is -0.247. The number of rotatable bonds is 6. The lowest BCUT2D eigenvalue weighted by Gasteiger charge is -2.12. The first-order chi connectivity index (χ1) is 12.4. The number of pyridine rings is 1. The summed E-state index contributed by atoms with van der Waals surface area (Å²) in [4.78, 5) is 24.6. The van der Waals surface area contributed by atoms with Gasteiger partial charge >= 0.3 is 0 Å². The van der Waals surface area contributed by atoms with E-state index in [-0.39, 0.29) is 5.56 Å². The maximum Gasteiger partial charge on any atom is 0.279 e. The van der Waals surface area contributed by atoms with E-state index in [2.05, 4.69) is 28.9 Å². The van der Waals surface area contributed by atoms with Gasteiger partial charge in [-0.3, -0.25) is 9.48 Å². The molecule has 0 aliphatic rings. The summed E-state index contributed by atoms with van der Waals surface area (Å²) in [6, 6.07) is 1.93. The van der Waals surface area contributed by atoms with Crippen molar-refractivity contribution in [3.8, 4) is 17.3 Å². The van der Waals surface area contributed by atoms with Crippen molar-refractivity contribution >= 4 is 11.0 Å². The van der Waals surface area contributed by atoms with Gasteiger partial charge in [0.1, 0.15) is 11.3 Å². The van der Waals surface area contributed by atoms with Crippen LogP contribution in [0.5, 0.6) is 5.88 Å². The van der Waals surface area contributed by atoms with Crippen LogP contribution in [0.15, 0.2) is 17.1 Å². The van der Waals surface area contributed by atoms with Crippen molar-refractivity contribution in [3.05, 3.63) is 33.9 Å². The maximum atomic E-state index is 12.6. The molecule has 1 N–H and O–H groups in total. The van der Waals surface area contributed by atoms with Crippen molar-refractivity contribution in [2.75, 3.05) is 6.61 Å². The molecule has 0 fully saturated rings. The number of hydrogen-bond donors (Lipinski definition) is 1. The summed E-state index contributed by atoms with van der Waals surface area (Å²) in [5.74, 6) is 1.31. The summed E-state index contributed by atoms with van der Waals surface area (Å²) in [7, 11) is 0. The number of aromatic amines is 1. The predicted molar refractivity (Wildman–Crippen MR) is 102 cm³/mol. The van der Waals surface area contributed by atoms with Crippen LogP contribution in [0.2, 0.25) is 0 Å². The molecule has 0 aliphatic heterocycles. The van der Waals surface area contributed by atoms with Crippen molar-refractivity contribution < 1.29 is 4.74 Å². The van der Waals surface area contributed by atoms with Crippen LogP contribution in [0.4, 0.5) is 0 Å². The Morgan fingerprint density at radius 2 is 2.04 bits per heavy atom. The zero-order chi connectivity index (χ0) is 18.8. The van der Waals surface area contributed by atoms with E-state index in [0.29, 0.717) is 47.4 Å². The van der Waals surface area contributed by atoms with Gasteiger partial charge in [0.15, 0.2) is 5.52 Å². The average Bonchev–Trinajstić information content (AvgIpc) is 2.98. The topological polar surface area (TPSA) is 85.7 Å². The highest BCUT2D eigenvalue weighted by Crippen LogP contribution is 2.27. The molecule has 0 amide bonds. The summed E-state index contributed by atoms with van der Waals surface area (Å²) >= 11 is 0. The Morgan fingerprint density at radius 1 is 1.27 bits per heavy atom. The van der Waals surface area contributed by atoms with Crippen LogP contribution < -0.4 is 10.3 Å². The highest BCUT2D eigenvalue weighted by atomic mass is 16.5. The van der Waals surface area contributed by atoms with Crippen LogP contribution in [-0.2, 0) is 13.0 Å². The van der Waals surface area contributed by atoms with Crippen molar-refractivity contribution in [1.29, 1.82) is 0 Å². The first-order valence-corrected chi connectivity index (χ1v) is 9.04. The molecule has 0 radical (unpaired) electrons. The van der Waals surface area contributed by atoms with Gasteiger partial charge in [-0.25, -0.2) is 9.97 Å². The van der Waals surface area contributed by atoms with Crippen LogP contribution in [-0.4, -0.2) is 31.3 Å². The Hall–Kier alpha value is -2.70. The zero-order valence-corrected chi connectivity index (χ0v) is 16.0. The number of ether oxygens (including phenoxy) is 1. The number of nitrogens with one attached hydrogen (secondary N) is 1. The van der Waals surface area contributed by atoms with Gasteiger partial charge in [0.05, 0.1) is 17.9 Å². The monoisotopic (exact) mass is 355 g/mol. The quantitative estimate of drug-likeness (QED) is 0.734. The second-order valence-corrected chi connectivity index (χ2v) is 6.80. The van der Waals surface area contributed by atoms with Gasteiger partial charge in [-0.15, -0.1) is 0 Å². The first kappa shape index (κ1) is 18.1. The van der Waals surface area contributed by atoms with Crippen molar-refractivity contribution in [2.24, 2.45) is 5.92 Å². The second kappa shape index (κ2) is 7.27. The molecule has 7 nitrogen and oxygen atoms in total. The Kier molecular flexibility index (Phi) is 5.06. The highest BCUT2D eigenvalue weighted by Gasteiger charge is 2.18. The fourth-order valence-corrected chi connectivity index (χ4v) is 2.89. The minimum absolute atomic E-state index is 0.247. The van der Waals surface area contributed by atoms with E-state index in [1.807, 2.05) is 31.5 Å². The molecule has 0 aromatic carbocycles. The Bertz CT molecular complexity index is 987. The largest absolute Gasteiger partial charge is 0.477 e. The van der Waals surface area contributed by atoms with E-state index >= 15 is 0 Å². The summed E-state index contributed by atoms with van der Waals surface area (Å²) in [5, 5.41) is 4.40. The lowest BCUT2D eigenvalue weighted by molar-refractivity contribution is 0.262. The fraction of sp³-hybridized carbons (Fsp3) is 0.474. The summed E-state index contributed by atoms with van der Waals surface area (Å²) in [6.45, 7) is 11.4. The van der Waals surface area contributed by atoms with Gasteiger partial charge in [-0.2, -0.15) is 5.10 Å². The van der Waals surface area contributed by atoms with Gasteiger partial charge in [0.25, 0.3) is 5.56 Å². The van der Waals surface area contributed by atoms with Crippen LogP contribution in [0, 0.1) is 12.8 Å². The van der Waals surface area contributed by atoms with Crippen molar-refractivity contribution in [1.82, 2.24) is 24.7 Å². The summed E-state index contributed by atoms with van der Waals surface area (Å²) in [5.41, 5.74) is 3.39. The molecule has 3 aromatic rings. The van der Waals surface area contributed by atoms with E-state index in [4.69, 9.17) is 9.72 Å². The molecule has 3 aromatic heterocycles. The third-order valence-electron chi connectivity index (χ3n) is 4.13. The average molecular weight is 355 g/mol. The number of fused-ring (bicyclic) bond motifs is 1. The zero-order valence-electron chi connectivity index (χ0n) is 16.0. The lowest BCUT2D eigenvalue weighted by atomic mass is 10.2. The van der Waals surface area contributed by atoms with E-state index in [0.717, 1.165) is 17.7 Å². The van der Waals surface area contributed by atoms with E-state index < -0.39 is 0 Å². The second-order valence-electron chi connectivity index (χ2n) is 6.80. The number of H-pyrrole nitrogens is 1. The number of nitrogens with zero attached hydrogens (tertiary/aromatic N) is 4. The van der Waals surface area contributed by atoms with Crippen LogP contribution in [0.3, 0.4) is 0 Å². The standard InChI is InChI=1S/C19H25N5O2/c1-6-14-15-16(23-24(14)7-2)18(25)22-17(21-15)13-8-12(5)9-20-19(13)26-10-11(3)4/h8-9,11H,6-7,10H2,1-5H3,(H,21,22,25). The molecular weight excluding hydrogens is 330 g/mol. The Balaban J connectivity index is 2.19. The van der Waals surface area contributed by atoms with Gasteiger partial charge < -0.3 is 9.72 Å². The smallest absolute Gasteiger partial charge is 0.279 e. The van der Waals surface area contributed by atoms with Crippen LogP contribution >= 0.6 is 0 Å². The minimum Gasteiger partial charge on any atom is -0.477 e. The normalized spacial score (nSPS) is 11.5. The predicted octanol–water partition coefficient (Wildman–Crippen LogP) is 3.11. The summed E-state index contributed by atoms with van der Waals surface area (Å²) < 4.78 is 7.68. The molecule has 0 spiro atoms. The third-order valence-corrected chi connectivity index (χ3v) is 4.13. The van der Waals surface area contributed by atoms with Gasteiger partial charge in [0.2, 0.25) is 5.88 Å². The molecule has 138 valence electrons. The molecule has 3 rings (SSSR count). The molecule has 0 aliphatic carbocycles.